The van der Waals surface area contributed by atoms with Crippen molar-refractivity contribution in [1.82, 2.24) is 10.2 Å². The van der Waals surface area contributed by atoms with E-state index >= 15 is 0 Å². The Morgan fingerprint density at radius 3 is 2.50 bits per heavy atom. The van der Waals surface area contributed by atoms with E-state index in [1.165, 1.54) is 40.7 Å². The second kappa shape index (κ2) is 9.95. The van der Waals surface area contributed by atoms with Gasteiger partial charge < -0.3 is 10.2 Å². The number of carbonyl (C=O) groups is 1. The molecule has 3 aromatic carbocycles. The Hall–Kier alpha value is -3.23. The van der Waals surface area contributed by atoms with E-state index in [-0.39, 0.29) is 29.2 Å². The number of aryl methyl sites for hydroxylation is 1. The molecule has 0 saturated carbocycles. The van der Waals surface area contributed by atoms with Gasteiger partial charge in [-0.15, -0.1) is 0 Å². The van der Waals surface area contributed by atoms with Crippen molar-refractivity contribution in [1.29, 1.82) is 0 Å². The van der Waals surface area contributed by atoms with E-state index in [4.69, 9.17) is 0 Å². The van der Waals surface area contributed by atoms with E-state index in [1.807, 2.05) is 49.3 Å². The number of nitrogens with one attached hydrogen (secondary N) is 1. The van der Waals surface area contributed by atoms with E-state index in [9.17, 15) is 17.6 Å². The number of carbonyl (C=O) groups excluding carboxylic acids is 1. The van der Waals surface area contributed by atoms with Crippen LogP contribution in [0.2, 0.25) is 0 Å². The predicted octanol–water partition coefficient (Wildman–Crippen LogP) is 4.00. The molecule has 1 aliphatic rings. The summed E-state index contributed by atoms with van der Waals surface area (Å²) in [5.41, 5.74) is 2.84. The van der Waals surface area contributed by atoms with Gasteiger partial charge in [-0.1, -0.05) is 30.3 Å². The van der Waals surface area contributed by atoms with Gasteiger partial charge in [-0.2, -0.15) is 0 Å². The standard InChI is InChI=1S/C26H28FN3O3S/c1-29(2)25(21-8-5-10-22(27)17-21)18-28-26(31)20-12-14-23(15-13-20)34(32,33)30-16-6-9-19-7-3-4-11-24(19)30/h3-5,7-8,10-15,17,25H,6,9,16,18H2,1-2H3,(H,28,31). The second-order valence-electron chi connectivity index (χ2n) is 8.58. The van der Waals surface area contributed by atoms with Crippen LogP contribution >= 0.6 is 0 Å². The minimum Gasteiger partial charge on any atom is -0.350 e. The van der Waals surface area contributed by atoms with E-state index in [0.29, 0.717) is 17.8 Å². The molecule has 1 atom stereocenters. The summed E-state index contributed by atoms with van der Waals surface area (Å²) in [7, 11) is -0.0131. The van der Waals surface area contributed by atoms with Gasteiger partial charge in [-0.3, -0.25) is 9.10 Å². The second-order valence-corrected chi connectivity index (χ2v) is 10.4. The van der Waals surface area contributed by atoms with Gasteiger partial charge in [0.2, 0.25) is 0 Å². The molecule has 0 aliphatic carbocycles. The van der Waals surface area contributed by atoms with Crippen LogP contribution < -0.4 is 9.62 Å². The summed E-state index contributed by atoms with van der Waals surface area (Å²) < 4.78 is 41.7. The molecule has 1 aliphatic heterocycles. The fraction of sp³-hybridized carbons (Fsp3) is 0.269. The molecule has 8 heteroatoms. The highest BCUT2D eigenvalue weighted by Gasteiger charge is 2.29. The highest BCUT2D eigenvalue weighted by molar-refractivity contribution is 7.92. The largest absolute Gasteiger partial charge is 0.350 e. The van der Waals surface area contributed by atoms with Crippen LogP contribution in [0.25, 0.3) is 0 Å². The Kier molecular flexibility index (Phi) is 7.00. The van der Waals surface area contributed by atoms with Gasteiger partial charge in [-0.25, -0.2) is 12.8 Å². The molecule has 0 fully saturated rings. The van der Waals surface area contributed by atoms with Crippen LogP contribution in [0.5, 0.6) is 0 Å². The molecule has 1 N–H and O–H groups in total. The number of anilines is 1. The van der Waals surface area contributed by atoms with Crippen molar-refractivity contribution in [3.63, 3.8) is 0 Å². The Labute approximate surface area is 200 Å². The maximum absolute atomic E-state index is 13.6. The van der Waals surface area contributed by atoms with Gasteiger partial charge in [0.15, 0.2) is 0 Å². The van der Waals surface area contributed by atoms with E-state index in [0.717, 1.165) is 24.0 Å². The zero-order valence-electron chi connectivity index (χ0n) is 19.2. The highest BCUT2D eigenvalue weighted by atomic mass is 32.2. The van der Waals surface area contributed by atoms with Crippen molar-refractivity contribution in [3.8, 4) is 0 Å². The van der Waals surface area contributed by atoms with Crippen LogP contribution in [0.15, 0.2) is 77.7 Å². The quantitative estimate of drug-likeness (QED) is 0.554. The Balaban J connectivity index is 1.47. The topological polar surface area (TPSA) is 69.7 Å². The molecule has 1 unspecified atom stereocenters. The lowest BCUT2D eigenvalue weighted by molar-refractivity contribution is 0.0942. The molecule has 0 bridgehead atoms. The molecule has 6 nitrogen and oxygen atoms in total. The Morgan fingerprint density at radius 1 is 1.06 bits per heavy atom. The maximum atomic E-state index is 13.6. The van der Waals surface area contributed by atoms with Crippen molar-refractivity contribution in [2.45, 2.75) is 23.8 Å². The normalized spacial score (nSPS) is 14.5. The fourth-order valence-corrected chi connectivity index (χ4v) is 5.80. The number of amides is 1. The first-order valence-corrected chi connectivity index (χ1v) is 12.6. The molecule has 4 rings (SSSR count). The van der Waals surface area contributed by atoms with Gasteiger partial charge in [0, 0.05) is 18.7 Å². The summed E-state index contributed by atoms with van der Waals surface area (Å²) >= 11 is 0. The van der Waals surface area contributed by atoms with Crippen molar-refractivity contribution >= 4 is 21.6 Å². The van der Waals surface area contributed by atoms with Gasteiger partial charge in [0.05, 0.1) is 16.6 Å². The van der Waals surface area contributed by atoms with Crippen LogP contribution in [0.1, 0.15) is 33.9 Å². The molecular formula is C26H28FN3O3S. The maximum Gasteiger partial charge on any atom is 0.264 e. The first-order valence-electron chi connectivity index (χ1n) is 11.2. The molecule has 34 heavy (non-hydrogen) atoms. The molecule has 1 heterocycles. The monoisotopic (exact) mass is 481 g/mol. The van der Waals surface area contributed by atoms with Gasteiger partial charge in [0.25, 0.3) is 15.9 Å². The van der Waals surface area contributed by atoms with E-state index < -0.39 is 10.0 Å². The number of halogens is 1. The third-order valence-corrected chi connectivity index (χ3v) is 7.91. The summed E-state index contributed by atoms with van der Waals surface area (Å²) in [6.45, 7) is 0.702. The van der Waals surface area contributed by atoms with E-state index in [1.54, 1.807) is 6.07 Å². The molecule has 178 valence electrons. The highest BCUT2D eigenvalue weighted by Crippen LogP contribution is 2.31. The zero-order chi connectivity index (χ0) is 24.3. The van der Waals surface area contributed by atoms with Crippen molar-refractivity contribution in [2.24, 2.45) is 0 Å². The van der Waals surface area contributed by atoms with Crippen LogP contribution in [0.3, 0.4) is 0 Å². The number of hydrogen-bond donors (Lipinski definition) is 1. The summed E-state index contributed by atoms with van der Waals surface area (Å²) in [5, 5.41) is 2.87. The third kappa shape index (κ3) is 4.98. The van der Waals surface area contributed by atoms with E-state index in [2.05, 4.69) is 5.32 Å². The van der Waals surface area contributed by atoms with Gasteiger partial charge in [-0.05, 0) is 80.5 Å². The smallest absolute Gasteiger partial charge is 0.264 e. The fourth-order valence-electron chi connectivity index (χ4n) is 4.26. The third-order valence-electron chi connectivity index (χ3n) is 6.08. The van der Waals surface area contributed by atoms with Crippen LogP contribution in [-0.2, 0) is 16.4 Å². The molecule has 1 amide bonds. The Morgan fingerprint density at radius 2 is 1.79 bits per heavy atom. The number of fused-ring (bicyclic) bond motifs is 1. The summed E-state index contributed by atoms with van der Waals surface area (Å²) in [6, 6.07) is 19.6. The number of likely N-dealkylation sites (N-methyl/N-ethyl adjacent to an activating group) is 1. The van der Waals surface area contributed by atoms with Crippen molar-refractivity contribution in [2.75, 3.05) is 31.5 Å². The molecular weight excluding hydrogens is 453 g/mol. The predicted molar refractivity (Wildman–Crippen MR) is 131 cm³/mol. The first kappa shape index (κ1) is 23.9. The summed E-state index contributed by atoms with van der Waals surface area (Å²) in [6.07, 6.45) is 1.61. The van der Waals surface area contributed by atoms with Gasteiger partial charge in [0.1, 0.15) is 5.82 Å². The number of nitrogens with zero attached hydrogens (tertiary/aromatic N) is 2. The minimum atomic E-state index is -3.74. The number of sulfonamides is 1. The minimum absolute atomic E-state index is 0.145. The van der Waals surface area contributed by atoms with Gasteiger partial charge >= 0.3 is 0 Å². The molecule has 3 aromatic rings. The lowest BCUT2D eigenvalue weighted by atomic mass is 10.0. The van der Waals surface area contributed by atoms with Crippen molar-refractivity contribution < 1.29 is 17.6 Å². The number of para-hydroxylation sites is 1. The first-order chi connectivity index (χ1) is 16.3. The molecule has 0 aromatic heterocycles. The average molecular weight is 482 g/mol. The van der Waals surface area contributed by atoms with Crippen LogP contribution in [-0.4, -0.2) is 46.4 Å². The lowest BCUT2D eigenvalue weighted by Gasteiger charge is -2.30. The lowest BCUT2D eigenvalue weighted by Crippen LogP contribution is -2.35. The molecule has 0 saturated heterocycles. The number of hydrogen-bond acceptors (Lipinski definition) is 4. The van der Waals surface area contributed by atoms with Crippen molar-refractivity contribution in [3.05, 3.63) is 95.3 Å². The number of benzene rings is 3. The van der Waals surface area contributed by atoms with Crippen LogP contribution in [0, 0.1) is 5.82 Å². The average Bonchev–Trinajstić information content (AvgIpc) is 2.83. The summed E-state index contributed by atoms with van der Waals surface area (Å²) in [4.78, 5) is 14.8. The Bertz CT molecular complexity index is 1280. The number of rotatable bonds is 7. The molecule has 0 radical (unpaired) electrons. The van der Waals surface area contributed by atoms with Crippen LogP contribution in [0.4, 0.5) is 10.1 Å². The SMILES string of the molecule is CN(C)C(CNC(=O)c1ccc(S(=O)(=O)N2CCCc3ccccc32)cc1)c1cccc(F)c1. The zero-order valence-corrected chi connectivity index (χ0v) is 20.1. The molecule has 0 spiro atoms. The summed E-state index contributed by atoms with van der Waals surface area (Å²) in [5.74, 6) is -0.653.